The number of anilines is 1. The van der Waals surface area contributed by atoms with Crippen molar-refractivity contribution in [2.45, 2.75) is 6.04 Å². The molecule has 0 amide bonds. The molecule has 1 unspecified atom stereocenters. The lowest BCUT2D eigenvalue weighted by molar-refractivity contribution is -0.384. The molecule has 3 aromatic rings. The van der Waals surface area contributed by atoms with Crippen molar-refractivity contribution in [3.63, 3.8) is 0 Å². The number of benzene rings is 2. The van der Waals surface area contributed by atoms with Crippen LogP contribution in [0.4, 0.5) is 11.4 Å². The van der Waals surface area contributed by atoms with Gasteiger partial charge in [0.2, 0.25) is 5.96 Å². The molecule has 4 N–H and O–H groups in total. The molecule has 1 aromatic heterocycles. The number of nitrogens with two attached hydrogens (primary N) is 1. The fourth-order valence-corrected chi connectivity index (χ4v) is 4.24. The van der Waals surface area contributed by atoms with Crippen molar-refractivity contribution < 1.29 is 4.92 Å². The highest BCUT2D eigenvalue weighted by Crippen LogP contribution is 2.46. The zero-order valence-corrected chi connectivity index (χ0v) is 14.3. The van der Waals surface area contributed by atoms with E-state index in [2.05, 4.69) is 15.7 Å². The maximum atomic E-state index is 11.1. The monoisotopic (exact) mass is 373 g/mol. The number of hydrogen-bond donors (Lipinski definition) is 3. The first-order valence-electron chi connectivity index (χ1n) is 7.34. The van der Waals surface area contributed by atoms with Crippen molar-refractivity contribution >= 4 is 50.4 Å². The second-order valence-corrected chi connectivity index (χ2v) is 7.00. The van der Waals surface area contributed by atoms with E-state index in [9.17, 15) is 10.1 Å². The van der Waals surface area contributed by atoms with Crippen LogP contribution in [0.2, 0.25) is 5.02 Å². The van der Waals surface area contributed by atoms with Gasteiger partial charge < -0.3 is 5.32 Å². The van der Waals surface area contributed by atoms with E-state index in [1.165, 1.54) is 12.1 Å². The normalized spacial score (nSPS) is 16.1. The van der Waals surface area contributed by atoms with Gasteiger partial charge in [-0.25, -0.2) is 10.8 Å². The van der Waals surface area contributed by atoms with Gasteiger partial charge in [-0.05, 0) is 23.8 Å². The van der Waals surface area contributed by atoms with Crippen LogP contribution in [0.15, 0.2) is 47.5 Å². The number of fused-ring (bicyclic) bond motifs is 3. The smallest absolute Gasteiger partial charge is 0.269 e. The minimum absolute atomic E-state index is 0.0270. The predicted octanol–water partition coefficient (Wildman–Crippen LogP) is 3.80. The van der Waals surface area contributed by atoms with Crippen molar-refractivity contribution in [1.82, 2.24) is 5.43 Å². The van der Waals surface area contributed by atoms with Gasteiger partial charge in [0.1, 0.15) is 6.04 Å². The number of guanidine groups is 1. The SMILES string of the molecule is NNC1=NC(c2cccc([N+](=O)[O-])c2)c2sc3ccc(Cl)cc3c2N1. The summed E-state index contributed by atoms with van der Waals surface area (Å²) in [4.78, 5) is 16.2. The van der Waals surface area contributed by atoms with E-state index in [0.29, 0.717) is 11.0 Å². The summed E-state index contributed by atoms with van der Waals surface area (Å²) >= 11 is 7.70. The molecule has 0 radical (unpaired) electrons. The Kier molecular flexibility index (Phi) is 3.79. The van der Waals surface area contributed by atoms with Crippen LogP contribution in [0.5, 0.6) is 0 Å². The quantitative estimate of drug-likeness (QED) is 0.360. The Morgan fingerprint density at radius 3 is 2.92 bits per heavy atom. The van der Waals surface area contributed by atoms with E-state index in [0.717, 1.165) is 26.2 Å². The molecule has 0 aliphatic carbocycles. The standard InChI is InChI=1S/C16H12ClN5O2S/c17-9-4-5-12-11(7-9)14-15(25-12)13(19-16(20-14)21-18)8-2-1-3-10(6-8)22(23)24/h1-7,13H,18H2,(H2,19,20,21). The number of nitrogens with one attached hydrogen (secondary N) is 2. The fourth-order valence-electron chi connectivity index (χ4n) is 2.86. The van der Waals surface area contributed by atoms with E-state index < -0.39 is 11.0 Å². The lowest BCUT2D eigenvalue weighted by Gasteiger charge is -2.22. The first kappa shape index (κ1) is 15.8. The van der Waals surface area contributed by atoms with Crippen LogP contribution in [-0.4, -0.2) is 10.9 Å². The number of thiophene rings is 1. The summed E-state index contributed by atoms with van der Waals surface area (Å²) in [5, 5.41) is 15.9. The topological polar surface area (TPSA) is 106 Å². The van der Waals surface area contributed by atoms with E-state index in [1.807, 2.05) is 24.3 Å². The summed E-state index contributed by atoms with van der Waals surface area (Å²) in [6, 6.07) is 11.7. The number of halogens is 1. The molecule has 9 heteroatoms. The van der Waals surface area contributed by atoms with E-state index in [4.69, 9.17) is 17.4 Å². The van der Waals surface area contributed by atoms with Gasteiger partial charge in [-0.2, -0.15) is 0 Å². The molecule has 1 aliphatic rings. The van der Waals surface area contributed by atoms with Gasteiger partial charge in [0, 0.05) is 27.2 Å². The number of rotatable bonds is 2. The number of nitro groups is 1. The van der Waals surface area contributed by atoms with Crippen molar-refractivity contribution in [3.8, 4) is 0 Å². The summed E-state index contributed by atoms with van der Waals surface area (Å²) in [7, 11) is 0. The third-order valence-electron chi connectivity index (χ3n) is 3.96. The van der Waals surface area contributed by atoms with Crippen molar-refractivity contribution in [1.29, 1.82) is 0 Å². The minimum Gasteiger partial charge on any atom is -0.324 e. The Morgan fingerprint density at radius 1 is 1.32 bits per heavy atom. The molecule has 0 spiro atoms. The molecule has 2 heterocycles. The Morgan fingerprint density at radius 2 is 2.16 bits per heavy atom. The average Bonchev–Trinajstić information content (AvgIpc) is 2.98. The number of non-ortho nitro benzene ring substituents is 1. The summed E-state index contributed by atoms with van der Waals surface area (Å²) in [5.74, 6) is 5.94. The molecule has 0 bridgehead atoms. The van der Waals surface area contributed by atoms with Crippen LogP contribution in [0.25, 0.3) is 10.1 Å². The molecule has 1 aliphatic heterocycles. The number of hydrogen-bond acceptors (Lipinski definition) is 7. The first-order valence-corrected chi connectivity index (χ1v) is 8.54. The third kappa shape index (κ3) is 2.70. The highest BCUT2D eigenvalue weighted by atomic mass is 35.5. The van der Waals surface area contributed by atoms with Gasteiger partial charge in [0.05, 0.1) is 15.5 Å². The van der Waals surface area contributed by atoms with Crippen LogP contribution < -0.4 is 16.6 Å². The number of nitrogens with zero attached hydrogens (tertiary/aromatic N) is 2. The van der Waals surface area contributed by atoms with E-state index in [1.54, 1.807) is 17.4 Å². The second kappa shape index (κ2) is 5.99. The number of hydrazine groups is 1. The van der Waals surface area contributed by atoms with Crippen molar-refractivity contribution in [3.05, 3.63) is 68.0 Å². The van der Waals surface area contributed by atoms with Gasteiger partial charge >= 0.3 is 0 Å². The van der Waals surface area contributed by atoms with Gasteiger partial charge in [-0.15, -0.1) is 11.3 Å². The first-order chi connectivity index (χ1) is 12.1. The summed E-state index contributed by atoms with van der Waals surface area (Å²) in [6.07, 6.45) is 0. The average molecular weight is 374 g/mol. The van der Waals surface area contributed by atoms with Crippen LogP contribution in [0.1, 0.15) is 16.5 Å². The highest BCUT2D eigenvalue weighted by molar-refractivity contribution is 7.20. The van der Waals surface area contributed by atoms with Crippen molar-refractivity contribution in [2.24, 2.45) is 10.8 Å². The Labute approximate surface area is 151 Å². The van der Waals surface area contributed by atoms with Crippen LogP contribution in [-0.2, 0) is 0 Å². The molecule has 0 fully saturated rings. The van der Waals surface area contributed by atoms with Gasteiger partial charge in [0.25, 0.3) is 5.69 Å². The number of aliphatic imine (C=N–C) groups is 1. The molecular weight excluding hydrogens is 362 g/mol. The fraction of sp³-hybridized carbons (Fsp3) is 0.0625. The molecule has 7 nitrogen and oxygen atoms in total. The van der Waals surface area contributed by atoms with E-state index in [-0.39, 0.29) is 5.69 Å². The summed E-state index contributed by atoms with van der Waals surface area (Å²) in [6.45, 7) is 0. The summed E-state index contributed by atoms with van der Waals surface area (Å²) < 4.78 is 1.05. The maximum absolute atomic E-state index is 11.1. The molecule has 0 saturated carbocycles. The predicted molar refractivity (Wildman–Crippen MR) is 100 cm³/mol. The lowest BCUT2D eigenvalue weighted by Crippen LogP contribution is -2.38. The lowest BCUT2D eigenvalue weighted by atomic mass is 10.0. The summed E-state index contributed by atoms with van der Waals surface area (Å²) in [5.41, 5.74) is 4.14. The molecular formula is C16H12ClN5O2S. The Balaban J connectivity index is 1.92. The molecule has 0 saturated heterocycles. The van der Waals surface area contributed by atoms with Crippen LogP contribution in [0, 0.1) is 10.1 Å². The molecule has 25 heavy (non-hydrogen) atoms. The largest absolute Gasteiger partial charge is 0.324 e. The van der Waals surface area contributed by atoms with Gasteiger partial charge in [0.15, 0.2) is 0 Å². The highest BCUT2D eigenvalue weighted by Gasteiger charge is 2.28. The third-order valence-corrected chi connectivity index (χ3v) is 5.42. The van der Waals surface area contributed by atoms with E-state index >= 15 is 0 Å². The van der Waals surface area contributed by atoms with Gasteiger partial charge in [-0.1, -0.05) is 23.7 Å². The zero-order valence-electron chi connectivity index (χ0n) is 12.7. The number of nitro benzene ring substituents is 1. The second-order valence-electron chi connectivity index (χ2n) is 5.48. The van der Waals surface area contributed by atoms with Gasteiger partial charge in [-0.3, -0.25) is 15.5 Å². The molecule has 2 aromatic carbocycles. The van der Waals surface area contributed by atoms with Crippen molar-refractivity contribution in [2.75, 3.05) is 5.32 Å². The van der Waals surface area contributed by atoms with Crippen LogP contribution >= 0.6 is 22.9 Å². The minimum atomic E-state index is -0.415. The molecule has 1 atom stereocenters. The molecule has 4 rings (SSSR count). The van der Waals surface area contributed by atoms with Crippen LogP contribution in [0.3, 0.4) is 0 Å². The maximum Gasteiger partial charge on any atom is 0.269 e. The Bertz CT molecular complexity index is 1030. The zero-order chi connectivity index (χ0) is 17.6. The molecule has 126 valence electrons. The Hall–Kier alpha value is -2.68.